The Morgan fingerprint density at radius 2 is 1.73 bits per heavy atom. The molecular weight excluding hydrogens is 204 g/mol. The Balaban J connectivity index is 3.64. The van der Waals surface area contributed by atoms with E-state index in [9.17, 15) is 14.4 Å². The van der Waals surface area contributed by atoms with Crippen LogP contribution in [-0.2, 0) is 9.59 Å². The van der Waals surface area contributed by atoms with Gasteiger partial charge in [-0.25, -0.2) is 4.79 Å². The van der Waals surface area contributed by atoms with E-state index in [2.05, 4.69) is 10.6 Å². The van der Waals surface area contributed by atoms with Crippen molar-refractivity contribution in [1.29, 1.82) is 0 Å². The molecule has 0 heterocycles. The van der Waals surface area contributed by atoms with Gasteiger partial charge in [0.05, 0.1) is 12.5 Å². The van der Waals surface area contributed by atoms with Crippen LogP contribution in [0.1, 0.15) is 6.42 Å². The van der Waals surface area contributed by atoms with Crippen LogP contribution in [0.5, 0.6) is 0 Å². The average Bonchev–Trinajstić information content (AvgIpc) is 2.10. The number of carbonyl (C=O) groups excluding carboxylic acids is 2. The normalized spacial score (nSPS) is 11.5. The molecule has 7 N–H and O–H groups in total. The van der Waals surface area contributed by atoms with Crippen LogP contribution in [0.4, 0.5) is 4.79 Å². The molecule has 1 unspecified atom stereocenters. The molecule has 8 nitrogen and oxygen atoms in total. The maximum Gasteiger partial charge on any atom is 0.312 e. The topological polar surface area (TPSA) is 148 Å². The van der Waals surface area contributed by atoms with Gasteiger partial charge >= 0.3 is 12.0 Å². The molecule has 0 aromatic heterocycles. The maximum atomic E-state index is 11.1. The predicted molar refractivity (Wildman–Crippen MR) is 50.8 cm³/mol. The van der Waals surface area contributed by atoms with Gasteiger partial charge in [0.15, 0.2) is 0 Å². The fourth-order valence-electron chi connectivity index (χ4n) is 0.783. The van der Waals surface area contributed by atoms with E-state index >= 15 is 0 Å². The van der Waals surface area contributed by atoms with Crippen molar-refractivity contribution in [2.24, 2.45) is 11.5 Å². The Bertz CT molecular complexity index is 255. The summed E-state index contributed by atoms with van der Waals surface area (Å²) in [5.41, 5.74) is 10.0. The molecule has 1 atom stereocenters. The molecule has 0 rings (SSSR count). The third-order valence-corrected chi connectivity index (χ3v) is 1.45. The summed E-state index contributed by atoms with van der Waals surface area (Å²) in [4.78, 5) is 31.5. The highest BCUT2D eigenvalue weighted by molar-refractivity contribution is 5.85. The summed E-state index contributed by atoms with van der Waals surface area (Å²) in [7, 11) is 0. The molecule has 0 aliphatic heterocycles. The zero-order chi connectivity index (χ0) is 11.8. The van der Waals surface area contributed by atoms with Gasteiger partial charge < -0.3 is 27.2 Å². The number of carboxylic acids is 1. The fourth-order valence-corrected chi connectivity index (χ4v) is 0.783. The van der Waals surface area contributed by atoms with E-state index in [0.717, 1.165) is 0 Å². The van der Waals surface area contributed by atoms with Crippen molar-refractivity contribution in [3.05, 3.63) is 0 Å². The summed E-state index contributed by atoms with van der Waals surface area (Å²) in [5, 5.41) is 12.9. The van der Waals surface area contributed by atoms with Crippen molar-refractivity contribution in [1.82, 2.24) is 10.6 Å². The lowest BCUT2D eigenvalue weighted by atomic mass is 10.2. The first-order chi connectivity index (χ1) is 6.93. The van der Waals surface area contributed by atoms with E-state index in [0.29, 0.717) is 0 Å². The van der Waals surface area contributed by atoms with Gasteiger partial charge in [0.1, 0.15) is 0 Å². The molecule has 0 spiro atoms. The van der Waals surface area contributed by atoms with Gasteiger partial charge in [0.2, 0.25) is 5.91 Å². The minimum absolute atomic E-state index is 0.148. The Morgan fingerprint density at radius 3 is 2.20 bits per heavy atom. The summed E-state index contributed by atoms with van der Waals surface area (Å²) in [6.07, 6.45) is -0.435. The number of hydrogen-bond donors (Lipinski definition) is 5. The lowest BCUT2D eigenvalue weighted by Gasteiger charge is -2.09. The highest BCUT2D eigenvalue weighted by Gasteiger charge is 2.15. The number of carbonyl (C=O) groups is 3. The number of aliphatic carboxylic acids is 1. The van der Waals surface area contributed by atoms with Gasteiger partial charge in [-0.15, -0.1) is 0 Å². The van der Waals surface area contributed by atoms with Crippen molar-refractivity contribution < 1.29 is 19.5 Å². The number of nitrogens with one attached hydrogen (secondary N) is 2. The third kappa shape index (κ3) is 7.26. The second kappa shape index (κ2) is 6.60. The number of amides is 3. The van der Waals surface area contributed by atoms with Crippen molar-refractivity contribution in [3.63, 3.8) is 0 Å². The Kier molecular flexibility index (Phi) is 5.79. The van der Waals surface area contributed by atoms with Crippen LogP contribution in [0, 0.1) is 0 Å². The molecule has 8 heteroatoms. The quantitative estimate of drug-likeness (QED) is 0.314. The van der Waals surface area contributed by atoms with Crippen LogP contribution in [0.15, 0.2) is 0 Å². The van der Waals surface area contributed by atoms with E-state index in [-0.39, 0.29) is 13.1 Å². The lowest BCUT2D eigenvalue weighted by Crippen LogP contribution is -2.45. The van der Waals surface area contributed by atoms with Crippen molar-refractivity contribution in [2.45, 2.75) is 12.5 Å². The highest BCUT2D eigenvalue weighted by Crippen LogP contribution is 1.87. The van der Waals surface area contributed by atoms with Crippen LogP contribution in [-0.4, -0.2) is 42.1 Å². The van der Waals surface area contributed by atoms with Gasteiger partial charge in [-0.2, -0.15) is 0 Å². The van der Waals surface area contributed by atoms with E-state index in [1.807, 2.05) is 0 Å². The zero-order valence-corrected chi connectivity index (χ0v) is 8.03. The second-order valence-electron chi connectivity index (χ2n) is 2.79. The molecule has 0 radical (unpaired) electrons. The van der Waals surface area contributed by atoms with Crippen LogP contribution < -0.4 is 22.1 Å². The first kappa shape index (κ1) is 13.2. The smallest absolute Gasteiger partial charge is 0.312 e. The summed E-state index contributed by atoms with van der Waals surface area (Å²) in [6.45, 7) is 0.315. The fraction of sp³-hybridized carbons (Fsp3) is 0.571. The summed E-state index contributed by atoms with van der Waals surface area (Å²) >= 11 is 0. The molecule has 0 aliphatic carbocycles. The van der Waals surface area contributed by atoms with E-state index < -0.39 is 30.4 Å². The first-order valence-electron chi connectivity index (χ1n) is 4.22. The van der Waals surface area contributed by atoms with Crippen LogP contribution in [0.3, 0.4) is 0 Å². The Labute approximate surface area is 86.0 Å². The summed E-state index contributed by atoms with van der Waals surface area (Å²) < 4.78 is 0. The number of hydrogen-bond acceptors (Lipinski definition) is 4. The van der Waals surface area contributed by atoms with Crippen molar-refractivity contribution in [3.8, 4) is 0 Å². The average molecular weight is 218 g/mol. The van der Waals surface area contributed by atoms with Gasteiger partial charge in [-0.05, 0) is 0 Å². The third-order valence-electron chi connectivity index (χ3n) is 1.45. The minimum Gasteiger partial charge on any atom is -0.481 e. The molecule has 0 saturated carbocycles. The van der Waals surface area contributed by atoms with Crippen molar-refractivity contribution >= 4 is 17.9 Å². The number of primary amides is 1. The van der Waals surface area contributed by atoms with E-state index in [1.54, 1.807) is 0 Å². The van der Waals surface area contributed by atoms with Gasteiger partial charge in [0, 0.05) is 13.1 Å². The van der Waals surface area contributed by atoms with Gasteiger partial charge in [-0.1, -0.05) is 0 Å². The molecule has 15 heavy (non-hydrogen) atoms. The van der Waals surface area contributed by atoms with E-state index in [4.69, 9.17) is 16.6 Å². The molecule has 86 valence electrons. The number of nitrogens with two attached hydrogens (primary N) is 2. The predicted octanol–water partition coefficient (Wildman–Crippen LogP) is -2.43. The zero-order valence-electron chi connectivity index (χ0n) is 8.03. The molecular formula is C7H14N4O4. The summed E-state index contributed by atoms with van der Waals surface area (Å²) in [6, 6.07) is -1.78. The summed E-state index contributed by atoms with van der Waals surface area (Å²) in [5.74, 6) is -1.73. The molecule has 0 aliphatic rings. The molecule has 0 saturated heterocycles. The largest absolute Gasteiger partial charge is 0.481 e. The standard InChI is InChI=1S/C7H14N4O4/c8-4(3-5(12)13)6(14)10-1-2-11-7(9)15/h4H,1-3,8H2,(H,10,14)(H,12,13)(H3,9,11,15). The number of urea groups is 1. The molecule has 0 bridgehead atoms. The van der Waals surface area contributed by atoms with E-state index in [1.165, 1.54) is 0 Å². The second-order valence-corrected chi connectivity index (χ2v) is 2.79. The molecule has 0 aromatic carbocycles. The minimum atomic E-state index is -1.15. The number of rotatable bonds is 6. The molecule has 0 fully saturated rings. The monoisotopic (exact) mass is 218 g/mol. The van der Waals surface area contributed by atoms with Crippen LogP contribution >= 0.6 is 0 Å². The highest BCUT2D eigenvalue weighted by atomic mass is 16.4. The first-order valence-corrected chi connectivity index (χ1v) is 4.22. The Morgan fingerprint density at radius 1 is 1.20 bits per heavy atom. The Hall–Kier alpha value is -1.83. The lowest BCUT2D eigenvalue weighted by molar-refractivity contribution is -0.139. The maximum absolute atomic E-state index is 11.1. The van der Waals surface area contributed by atoms with Gasteiger partial charge in [-0.3, -0.25) is 9.59 Å². The molecule has 3 amide bonds. The van der Waals surface area contributed by atoms with Crippen LogP contribution in [0.25, 0.3) is 0 Å². The SMILES string of the molecule is NC(=O)NCCNC(=O)C(N)CC(=O)O. The number of carboxylic acid groups (broad SMARTS) is 1. The van der Waals surface area contributed by atoms with Crippen molar-refractivity contribution in [2.75, 3.05) is 13.1 Å². The van der Waals surface area contributed by atoms with Crippen LogP contribution in [0.2, 0.25) is 0 Å². The van der Waals surface area contributed by atoms with Gasteiger partial charge in [0.25, 0.3) is 0 Å². The molecule has 0 aromatic rings.